The minimum atomic E-state index is -4.66. The third-order valence-corrected chi connectivity index (χ3v) is 9.26. The number of benzene rings is 4. The van der Waals surface area contributed by atoms with Gasteiger partial charge in [-0.15, -0.1) is 11.8 Å². The van der Waals surface area contributed by atoms with Crippen LogP contribution < -0.4 is 5.43 Å². The summed E-state index contributed by atoms with van der Waals surface area (Å²) in [5, 5.41) is -0.161. The first-order valence-electron chi connectivity index (χ1n) is 22.8. The number of amides is 1. The van der Waals surface area contributed by atoms with E-state index in [1.54, 1.807) is 0 Å². The summed E-state index contributed by atoms with van der Waals surface area (Å²) in [5.41, 5.74) is -1.69. The number of halogens is 5. The second-order valence-electron chi connectivity index (χ2n) is 11.5. The van der Waals surface area contributed by atoms with Crippen molar-refractivity contribution in [3.8, 4) is 11.1 Å². The Morgan fingerprint density at radius 3 is 2.34 bits per heavy atom. The molecule has 1 aliphatic rings. The SMILES string of the molecule is [2H]C(C)(c1ccc(-c2ccc(C(F)(F)F)cc2)cc1)N(C(=O)Cn1c(SCc2cccc(F)c2F)cc(=O)c2ccccc21)C1([2H])C([2H])([2H])C([2H])([2H])N(C([2H])([2H])C([2H])([2H])OC)C([2H])([2H])C1([2H])[2H]. The van der Waals surface area contributed by atoms with E-state index in [1.807, 2.05) is 0 Å². The van der Waals surface area contributed by atoms with Gasteiger partial charge in [-0.2, -0.15) is 13.2 Å². The van der Waals surface area contributed by atoms with Gasteiger partial charge in [0.1, 0.15) is 6.54 Å². The van der Waals surface area contributed by atoms with Gasteiger partial charge in [0.15, 0.2) is 17.1 Å². The molecule has 1 fully saturated rings. The van der Waals surface area contributed by atoms with Crippen molar-refractivity contribution in [3.05, 3.63) is 136 Å². The van der Waals surface area contributed by atoms with Gasteiger partial charge < -0.3 is 19.1 Å². The second kappa shape index (κ2) is 16.7. The molecule has 0 N–H and O–H groups in total. The van der Waals surface area contributed by atoms with Crippen molar-refractivity contribution < 1.29 is 50.7 Å². The van der Waals surface area contributed by atoms with Gasteiger partial charge in [-0.25, -0.2) is 8.78 Å². The lowest BCUT2D eigenvalue weighted by atomic mass is 9.96. The van der Waals surface area contributed by atoms with Gasteiger partial charge in [0.25, 0.3) is 0 Å². The number of hydrogen-bond acceptors (Lipinski definition) is 5. The van der Waals surface area contributed by atoms with Gasteiger partial charge in [0.05, 0.1) is 34.2 Å². The van der Waals surface area contributed by atoms with E-state index in [9.17, 15) is 35.0 Å². The van der Waals surface area contributed by atoms with Crippen LogP contribution in [-0.4, -0.2) is 59.5 Å². The average molecular weight is 764 g/mol. The number of alkyl halides is 3. The van der Waals surface area contributed by atoms with Crippen LogP contribution in [0.1, 0.15) is 61.6 Å². The fourth-order valence-electron chi connectivity index (χ4n) is 5.50. The Balaban J connectivity index is 1.59. The topological polar surface area (TPSA) is 54.8 Å². The van der Waals surface area contributed by atoms with Crippen LogP contribution in [0.4, 0.5) is 22.0 Å². The molecule has 5 aromatic rings. The molecule has 0 aliphatic carbocycles. The van der Waals surface area contributed by atoms with Crippen LogP contribution in [-0.2, 0) is 28.0 Å². The maximum atomic E-state index is 15.4. The highest BCUT2D eigenvalue weighted by atomic mass is 32.2. The minimum absolute atomic E-state index is 0.0291. The molecule has 4 aromatic carbocycles. The van der Waals surface area contributed by atoms with E-state index in [2.05, 4.69) is 4.74 Å². The fourth-order valence-corrected chi connectivity index (χ4v) is 6.54. The van der Waals surface area contributed by atoms with Crippen LogP contribution in [0.2, 0.25) is 0 Å². The number of piperidine rings is 1. The van der Waals surface area contributed by atoms with Gasteiger partial charge in [-0.3, -0.25) is 9.59 Å². The second-order valence-corrected chi connectivity index (χ2v) is 12.5. The Kier molecular flexibility index (Phi) is 7.54. The van der Waals surface area contributed by atoms with Crippen molar-refractivity contribution in [2.45, 2.75) is 55.2 Å². The van der Waals surface area contributed by atoms with E-state index in [4.69, 9.17) is 11.0 Å². The molecule has 12 heteroatoms. The van der Waals surface area contributed by atoms with E-state index in [0.29, 0.717) is 7.11 Å². The molecule has 6 nitrogen and oxygen atoms in total. The van der Waals surface area contributed by atoms with Crippen molar-refractivity contribution in [2.24, 2.45) is 0 Å². The summed E-state index contributed by atoms with van der Waals surface area (Å²) in [5.74, 6) is -4.38. The molecule has 6 rings (SSSR count). The van der Waals surface area contributed by atoms with Crippen molar-refractivity contribution in [1.29, 1.82) is 0 Å². The monoisotopic (exact) mass is 763 g/mol. The van der Waals surface area contributed by atoms with E-state index in [1.165, 1.54) is 48.5 Å². The molecular weight excluding hydrogens is 710 g/mol. The van der Waals surface area contributed by atoms with Gasteiger partial charge in [-0.1, -0.05) is 60.7 Å². The fraction of sp³-hybridized carbons (Fsp3) is 0.317. The third-order valence-electron chi connectivity index (χ3n) is 8.17. The van der Waals surface area contributed by atoms with E-state index in [-0.39, 0.29) is 48.8 Å². The maximum Gasteiger partial charge on any atom is 0.416 e. The Morgan fingerprint density at radius 1 is 1.02 bits per heavy atom. The van der Waals surface area contributed by atoms with Crippen molar-refractivity contribution >= 4 is 28.6 Å². The molecule has 53 heavy (non-hydrogen) atoms. The van der Waals surface area contributed by atoms with E-state index < -0.39 is 97.0 Å². The van der Waals surface area contributed by atoms with Crippen LogP contribution in [0.3, 0.4) is 0 Å². The summed E-state index contributed by atoms with van der Waals surface area (Å²) in [6.45, 7) is -16.7. The molecule has 1 aliphatic heterocycles. The number of likely N-dealkylation sites (tertiary alicyclic amines) is 1. The number of pyridine rings is 1. The summed E-state index contributed by atoms with van der Waals surface area (Å²) in [4.78, 5) is 28.1. The Hall–Kier alpha value is -4.52. The molecule has 0 saturated carbocycles. The van der Waals surface area contributed by atoms with Crippen LogP contribution in [0.25, 0.3) is 22.0 Å². The van der Waals surface area contributed by atoms with Gasteiger partial charge in [-0.05, 0) is 66.7 Å². The number of nitrogens with zero attached hydrogens (tertiary/aromatic N) is 3. The summed E-state index contributed by atoms with van der Waals surface area (Å²) in [7, 11) is 0.627. The third kappa shape index (κ3) is 8.83. The zero-order valence-corrected chi connectivity index (χ0v) is 28.8. The number of fused-ring (bicyclic) bond motifs is 1. The normalized spacial score (nSPS) is 24.2. The van der Waals surface area contributed by atoms with Crippen LogP contribution in [0.15, 0.2) is 107 Å². The predicted octanol–water partition coefficient (Wildman–Crippen LogP) is 8.96. The number of carbonyl (C=O) groups is 1. The first-order chi connectivity index (χ1) is 30.7. The lowest BCUT2D eigenvalue weighted by Crippen LogP contribution is -2.49. The summed E-state index contributed by atoms with van der Waals surface area (Å²) in [6, 6.07) is 11.4. The number of rotatable bonds is 12. The number of para-hydroxylation sites is 1. The minimum Gasteiger partial charge on any atom is -0.383 e. The van der Waals surface area contributed by atoms with Crippen molar-refractivity contribution in [2.75, 3.05) is 33.2 Å². The quantitative estimate of drug-likeness (QED) is 0.0939. The van der Waals surface area contributed by atoms with Gasteiger partial charge >= 0.3 is 6.18 Å². The maximum absolute atomic E-state index is 15.4. The molecule has 278 valence electrons. The zero-order valence-electron chi connectivity index (χ0n) is 42.0. The molecule has 1 unspecified atom stereocenters. The highest BCUT2D eigenvalue weighted by molar-refractivity contribution is 7.98. The highest BCUT2D eigenvalue weighted by Crippen LogP contribution is 2.34. The van der Waals surface area contributed by atoms with Crippen molar-refractivity contribution in [3.63, 3.8) is 0 Å². The lowest BCUT2D eigenvalue weighted by molar-refractivity contribution is -0.138. The molecular formula is C41H40F5N3O3S. The largest absolute Gasteiger partial charge is 0.416 e. The highest BCUT2D eigenvalue weighted by Gasteiger charge is 2.33. The molecule has 1 amide bonds. The van der Waals surface area contributed by atoms with E-state index in [0.717, 1.165) is 71.8 Å². The molecule has 0 spiro atoms. The van der Waals surface area contributed by atoms with E-state index >= 15 is 4.79 Å². The number of hydrogen-bond donors (Lipinski definition) is 0. The Bertz CT molecular complexity index is 2730. The molecule has 0 radical (unpaired) electrons. The summed E-state index contributed by atoms with van der Waals surface area (Å²) < 4.78 is 201. The molecule has 0 bridgehead atoms. The molecule has 1 saturated heterocycles. The number of ether oxygens (including phenoxy) is 1. The molecule has 2 heterocycles. The summed E-state index contributed by atoms with van der Waals surface area (Å²) >= 11 is 0.718. The first-order valence-corrected chi connectivity index (χ1v) is 16.8. The smallest absolute Gasteiger partial charge is 0.383 e. The first kappa shape index (κ1) is 24.0. The van der Waals surface area contributed by atoms with Gasteiger partial charge in [0, 0.05) is 69.1 Å². The summed E-state index contributed by atoms with van der Waals surface area (Å²) in [6.07, 6.45) is -13.4. The number of thioether (sulfide) groups is 1. The molecule has 1 atom stereocenters. The van der Waals surface area contributed by atoms with Crippen LogP contribution >= 0.6 is 11.8 Å². The number of methoxy groups -OCH3 is 1. The number of carbonyl (C=O) groups excluding carboxylic acids is 1. The van der Waals surface area contributed by atoms with Crippen LogP contribution in [0, 0.1) is 11.6 Å². The Morgan fingerprint density at radius 2 is 1.68 bits per heavy atom. The average Bonchev–Trinajstić information content (AvgIpc) is 3.24. The Labute approximate surface area is 328 Å². The predicted molar refractivity (Wildman–Crippen MR) is 198 cm³/mol. The van der Waals surface area contributed by atoms with Crippen LogP contribution in [0.5, 0.6) is 0 Å². The lowest BCUT2D eigenvalue weighted by Gasteiger charge is -2.42. The van der Waals surface area contributed by atoms with Crippen molar-refractivity contribution in [1.82, 2.24) is 14.4 Å². The molecule has 1 aromatic heterocycles. The zero-order chi connectivity index (χ0) is 50.3. The number of aromatic nitrogens is 1. The standard InChI is InChI=1S/C41H40F5N3O3S/c1-27(28-10-12-29(13-11-28)30-14-16-32(17-15-30)41(44,45)46)49(33-18-20-47(21-19-33)22-23-52-2)38(51)25-48-36-9-4-3-7-34(36)37(50)24-39(48)53-26-31-6-5-8-35(42)40(31)43/h3-17,24,27,33H,18-23,25-26H2,1-2H3/i18D2,19D2,20D2,21D2,22D2,23D2,27D,33D. The van der Waals surface area contributed by atoms with Gasteiger partial charge in [0.2, 0.25) is 5.91 Å².